The first-order valence-corrected chi connectivity index (χ1v) is 8.48. The van der Waals surface area contributed by atoms with Gasteiger partial charge in [0, 0.05) is 16.7 Å². The van der Waals surface area contributed by atoms with Crippen LogP contribution in [0.25, 0.3) is 0 Å². The molecule has 2 rings (SSSR count). The Hall–Kier alpha value is -1.40. The van der Waals surface area contributed by atoms with E-state index < -0.39 is 0 Å². The van der Waals surface area contributed by atoms with Crippen molar-refractivity contribution in [2.45, 2.75) is 18.8 Å². The summed E-state index contributed by atoms with van der Waals surface area (Å²) in [6.45, 7) is 0.757. The first-order valence-electron chi connectivity index (χ1n) is 7.41. The van der Waals surface area contributed by atoms with Crippen molar-refractivity contribution >= 4 is 28.5 Å². The van der Waals surface area contributed by atoms with Gasteiger partial charge in [-0.25, -0.2) is 0 Å². The standard InChI is InChI=1S/C18H20INO2/c19-17-9-5-4-8-16(17)18(22)20-12-10-15(11-13-21)14-6-2-1-3-7-14/h1-9,15,21H,10-13H2,(H,20,22). The molecule has 22 heavy (non-hydrogen) atoms. The van der Waals surface area contributed by atoms with Crippen LogP contribution in [0.3, 0.4) is 0 Å². The fourth-order valence-electron chi connectivity index (χ4n) is 2.46. The molecule has 3 nitrogen and oxygen atoms in total. The average molecular weight is 409 g/mol. The van der Waals surface area contributed by atoms with Crippen LogP contribution in [0.15, 0.2) is 54.6 Å². The lowest BCUT2D eigenvalue weighted by Gasteiger charge is -2.16. The Morgan fingerprint density at radius 3 is 2.41 bits per heavy atom. The number of halogens is 1. The molecular formula is C18H20INO2. The Labute approximate surface area is 144 Å². The van der Waals surface area contributed by atoms with Gasteiger partial charge >= 0.3 is 0 Å². The Morgan fingerprint density at radius 1 is 1.05 bits per heavy atom. The molecule has 4 heteroatoms. The fourth-order valence-corrected chi connectivity index (χ4v) is 3.09. The molecule has 0 aliphatic heterocycles. The molecule has 116 valence electrons. The molecule has 0 saturated heterocycles. The normalized spacial score (nSPS) is 11.9. The smallest absolute Gasteiger partial charge is 0.252 e. The predicted octanol–water partition coefficient (Wildman–Crippen LogP) is 3.58. The number of amides is 1. The summed E-state index contributed by atoms with van der Waals surface area (Å²) in [5.41, 5.74) is 1.92. The van der Waals surface area contributed by atoms with Crippen molar-refractivity contribution in [1.29, 1.82) is 0 Å². The number of carbonyl (C=O) groups is 1. The molecule has 2 N–H and O–H groups in total. The topological polar surface area (TPSA) is 49.3 Å². The second-order valence-corrected chi connectivity index (χ2v) is 6.31. The highest BCUT2D eigenvalue weighted by Gasteiger charge is 2.13. The third-order valence-corrected chi connectivity index (χ3v) is 4.59. The second kappa shape index (κ2) is 8.90. The molecule has 0 aliphatic carbocycles. The van der Waals surface area contributed by atoms with Gasteiger partial charge in [-0.2, -0.15) is 0 Å². The van der Waals surface area contributed by atoms with Crippen molar-refractivity contribution in [3.8, 4) is 0 Å². The third-order valence-electron chi connectivity index (χ3n) is 3.65. The molecule has 0 heterocycles. The van der Waals surface area contributed by atoms with Crippen LogP contribution in [-0.2, 0) is 0 Å². The zero-order valence-electron chi connectivity index (χ0n) is 12.3. The quantitative estimate of drug-likeness (QED) is 0.687. The van der Waals surface area contributed by atoms with Crippen LogP contribution in [0.5, 0.6) is 0 Å². The van der Waals surface area contributed by atoms with Gasteiger partial charge < -0.3 is 10.4 Å². The molecule has 0 aromatic heterocycles. The lowest BCUT2D eigenvalue weighted by Crippen LogP contribution is -2.26. The molecule has 1 atom stereocenters. The Balaban J connectivity index is 1.91. The molecule has 2 aromatic carbocycles. The second-order valence-electron chi connectivity index (χ2n) is 5.14. The number of benzene rings is 2. The minimum Gasteiger partial charge on any atom is -0.396 e. The largest absolute Gasteiger partial charge is 0.396 e. The molecule has 0 fully saturated rings. The Bertz CT molecular complexity index is 601. The molecular weight excluding hydrogens is 389 g/mol. The molecule has 0 saturated carbocycles. The van der Waals surface area contributed by atoms with Crippen LogP contribution in [0, 0.1) is 3.57 Å². The number of hydrogen-bond donors (Lipinski definition) is 2. The van der Waals surface area contributed by atoms with Gasteiger partial charge in [-0.3, -0.25) is 4.79 Å². The highest BCUT2D eigenvalue weighted by Crippen LogP contribution is 2.22. The van der Waals surface area contributed by atoms with E-state index in [0.717, 1.165) is 9.99 Å². The number of nitrogens with one attached hydrogen (secondary N) is 1. The van der Waals surface area contributed by atoms with Gasteiger partial charge in [0.25, 0.3) is 5.91 Å². The van der Waals surface area contributed by atoms with Crippen LogP contribution in [0.2, 0.25) is 0 Å². The first-order chi connectivity index (χ1) is 10.7. The number of aliphatic hydroxyl groups excluding tert-OH is 1. The lowest BCUT2D eigenvalue weighted by molar-refractivity contribution is 0.0951. The maximum absolute atomic E-state index is 12.2. The van der Waals surface area contributed by atoms with Gasteiger partial charge in [-0.05, 0) is 59.0 Å². The van der Waals surface area contributed by atoms with Crippen molar-refractivity contribution in [3.63, 3.8) is 0 Å². The van der Waals surface area contributed by atoms with Crippen LogP contribution in [0.4, 0.5) is 0 Å². The van der Waals surface area contributed by atoms with Crippen molar-refractivity contribution in [1.82, 2.24) is 5.32 Å². The summed E-state index contributed by atoms with van der Waals surface area (Å²) in [5.74, 6) is 0.224. The van der Waals surface area contributed by atoms with E-state index in [9.17, 15) is 9.90 Å². The summed E-state index contributed by atoms with van der Waals surface area (Å²) in [5, 5.41) is 12.2. The van der Waals surface area contributed by atoms with E-state index in [2.05, 4.69) is 40.0 Å². The van der Waals surface area contributed by atoms with Crippen LogP contribution >= 0.6 is 22.6 Å². The minimum atomic E-state index is -0.0409. The number of carbonyl (C=O) groups excluding carboxylic acids is 1. The summed E-state index contributed by atoms with van der Waals surface area (Å²) >= 11 is 2.17. The summed E-state index contributed by atoms with van der Waals surface area (Å²) in [7, 11) is 0. The number of hydrogen-bond acceptors (Lipinski definition) is 2. The maximum atomic E-state index is 12.2. The van der Waals surface area contributed by atoms with Crippen LogP contribution in [-0.4, -0.2) is 24.2 Å². The molecule has 0 radical (unpaired) electrons. The van der Waals surface area contributed by atoms with Crippen molar-refractivity contribution in [3.05, 3.63) is 69.3 Å². The van der Waals surface area contributed by atoms with Crippen molar-refractivity contribution in [2.24, 2.45) is 0 Å². The minimum absolute atomic E-state index is 0.0409. The molecule has 0 spiro atoms. The Kier molecular flexibility index (Phi) is 6.86. The third kappa shape index (κ3) is 4.81. The van der Waals surface area contributed by atoms with Gasteiger partial charge in [0.1, 0.15) is 0 Å². The first kappa shape index (κ1) is 17.0. The zero-order valence-corrected chi connectivity index (χ0v) is 14.5. The van der Waals surface area contributed by atoms with Gasteiger partial charge in [0.05, 0.1) is 5.56 Å². The molecule has 1 amide bonds. The lowest BCUT2D eigenvalue weighted by atomic mass is 9.93. The summed E-state index contributed by atoms with van der Waals surface area (Å²) < 4.78 is 0.951. The predicted molar refractivity (Wildman–Crippen MR) is 97.0 cm³/mol. The van der Waals surface area contributed by atoms with Crippen LogP contribution in [0.1, 0.15) is 34.7 Å². The monoisotopic (exact) mass is 409 g/mol. The van der Waals surface area contributed by atoms with Crippen LogP contribution < -0.4 is 5.32 Å². The molecule has 2 aromatic rings. The van der Waals surface area contributed by atoms with Gasteiger partial charge in [0.2, 0.25) is 0 Å². The zero-order chi connectivity index (χ0) is 15.8. The summed E-state index contributed by atoms with van der Waals surface area (Å²) in [6, 6.07) is 17.7. The molecule has 1 unspecified atom stereocenters. The highest BCUT2D eigenvalue weighted by molar-refractivity contribution is 14.1. The summed E-state index contributed by atoms with van der Waals surface area (Å²) in [4.78, 5) is 12.2. The summed E-state index contributed by atoms with van der Waals surface area (Å²) in [6.07, 6.45) is 1.53. The highest BCUT2D eigenvalue weighted by atomic mass is 127. The molecule has 0 aliphatic rings. The van der Waals surface area contributed by atoms with Crippen molar-refractivity contribution in [2.75, 3.05) is 13.2 Å². The van der Waals surface area contributed by atoms with E-state index >= 15 is 0 Å². The van der Waals surface area contributed by atoms with Crippen molar-refractivity contribution < 1.29 is 9.90 Å². The number of aliphatic hydroxyl groups is 1. The maximum Gasteiger partial charge on any atom is 0.252 e. The number of rotatable bonds is 7. The van der Waals surface area contributed by atoms with E-state index in [-0.39, 0.29) is 18.4 Å². The van der Waals surface area contributed by atoms with E-state index in [0.29, 0.717) is 18.5 Å². The fraction of sp³-hybridized carbons (Fsp3) is 0.278. The van der Waals surface area contributed by atoms with Gasteiger partial charge in [0.15, 0.2) is 0 Å². The van der Waals surface area contributed by atoms with E-state index in [1.807, 2.05) is 42.5 Å². The van der Waals surface area contributed by atoms with E-state index in [1.54, 1.807) is 0 Å². The average Bonchev–Trinajstić information content (AvgIpc) is 2.55. The van der Waals surface area contributed by atoms with E-state index in [1.165, 1.54) is 5.56 Å². The Morgan fingerprint density at radius 2 is 1.73 bits per heavy atom. The van der Waals surface area contributed by atoms with Gasteiger partial charge in [-0.1, -0.05) is 42.5 Å². The molecule has 0 bridgehead atoms. The van der Waals surface area contributed by atoms with Gasteiger partial charge in [-0.15, -0.1) is 0 Å². The SMILES string of the molecule is O=C(NCCC(CCO)c1ccccc1)c1ccccc1I. The van der Waals surface area contributed by atoms with E-state index in [4.69, 9.17) is 0 Å².